The van der Waals surface area contributed by atoms with Crippen LogP contribution in [0.25, 0.3) is 0 Å². The normalized spacial score (nSPS) is 20.6. The molecular formula is C24H39N5O2. The van der Waals surface area contributed by atoms with Crippen molar-refractivity contribution >= 4 is 11.9 Å². The lowest BCUT2D eigenvalue weighted by Gasteiger charge is -2.34. The fraction of sp³-hybridized carbons (Fsp3) is 0.667. The van der Waals surface area contributed by atoms with Crippen LogP contribution in [-0.4, -0.2) is 87.7 Å². The minimum Gasteiger partial charge on any atom is -0.381 e. The maximum atomic E-state index is 12.2. The van der Waals surface area contributed by atoms with Crippen molar-refractivity contribution < 1.29 is 9.53 Å². The van der Waals surface area contributed by atoms with Gasteiger partial charge in [-0.05, 0) is 56.2 Å². The quantitative estimate of drug-likeness (QED) is 0.489. The zero-order valence-corrected chi connectivity index (χ0v) is 19.4. The van der Waals surface area contributed by atoms with E-state index in [1.165, 1.54) is 13.0 Å². The number of carbonyl (C=O) groups is 1. The molecule has 0 aromatic heterocycles. The first-order valence-corrected chi connectivity index (χ1v) is 11.7. The van der Waals surface area contributed by atoms with E-state index in [4.69, 9.17) is 9.73 Å². The van der Waals surface area contributed by atoms with Crippen LogP contribution in [0.15, 0.2) is 29.3 Å². The smallest absolute Gasteiger partial charge is 0.253 e. The number of nitrogens with zero attached hydrogens (tertiary/aromatic N) is 3. The summed E-state index contributed by atoms with van der Waals surface area (Å²) in [5.41, 5.74) is 1.86. The number of rotatable bonds is 8. The van der Waals surface area contributed by atoms with E-state index in [2.05, 4.69) is 28.5 Å². The number of likely N-dealkylation sites (tertiary alicyclic amines) is 1. The predicted molar refractivity (Wildman–Crippen MR) is 126 cm³/mol. The van der Waals surface area contributed by atoms with Crippen molar-refractivity contribution in [3.63, 3.8) is 0 Å². The number of piperidine rings is 1. The average molecular weight is 430 g/mol. The van der Waals surface area contributed by atoms with Crippen LogP contribution in [0.3, 0.4) is 0 Å². The minimum absolute atomic E-state index is 0.0344. The molecule has 1 unspecified atom stereocenters. The number of ether oxygens (including phenoxy) is 1. The molecule has 0 saturated carbocycles. The number of benzene rings is 1. The Bertz CT molecular complexity index is 722. The molecule has 3 rings (SSSR count). The molecule has 2 N–H and O–H groups in total. The molecular weight excluding hydrogens is 390 g/mol. The van der Waals surface area contributed by atoms with Gasteiger partial charge in [0.05, 0.1) is 6.61 Å². The highest BCUT2D eigenvalue weighted by atomic mass is 16.5. The molecule has 0 radical (unpaired) electrons. The Kier molecular flexibility index (Phi) is 9.15. The summed E-state index contributed by atoms with van der Waals surface area (Å²) in [6, 6.07) is 8.32. The summed E-state index contributed by atoms with van der Waals surface area (Å²) in [6.07, 6.45) is 4.31. The molecule has 7 nitrogen and oxygen atoms in total. The van der Waals surface area contributed by atoms with Crippen molar-refractivity contribution in [1.82, 2.24) is 20.4 Å². The molecule has 2 aliphatic heterocycles. The minimum atomic E-state index is 0.0344. The van der Waals surface area contributed by atoms with Gasteiger partial charge in [-0.2, -0.15) is 0 Å². The van der Waals surface area contributed by atoms with Gasteiger partial charge in [0.15, 0.2) is 5.96 Å². The standard InChI is InChI=1S/C24H39N5O2/c1-4-25-24(26-12-8-19-6-5-7-21(16-19)23(30)28(2)3)27-22-9-13-29(14-10-22)17-20-11-15-31-18-20/h5-7,16,20,22H,4,8-15,17-18H2,1-3H3,(H2,25,26,27). The fourth-order valence-electron chi connectivity index (χ4n) is 4.28. The summed E-state index contributed by atoms with van der Waals surface area (Å²) in [6.45, 7) is 8.95. The monoisotopic (exact) mass is 429 g/mol. The van der Waals surface area contributed by atoms with Crippen molar-refractivity contribution in [2.24, 2.45) is 10.9 Å². The summed E-state index contributed by atoms with van der Waals surface area (Å²) >= 11 is 0. The summed E-state index contributed by atoms with van der Waals surface area (Å²) in [5, 5.41) is 7.01. The van der Waals surface area contributed by atoms with Crippen LogP contribution < -0.4 is 10.6 Å². The van der Waals surface area contributed by atoms with Crippen LogP contribution in [-0.2, 0) is 11.2 Å². The molecule has 2 fully saturated rings. The van der Waals surface area contributed by atoms with Crippen molar-refractivity contribution in [1.29, 1.82) is 0 Å². The van der Waals surface area contributed by atoms with Crippen LogP contribution in [0.2, 0.25) is 0 Å². The van der Waals surface area contributed by atoms with Gasteiger partial charge in [-0.3, -0.25) is 9.79 Å². The summed E-state index contributed by atoms with van der Waals surface area (Å²) < 4.78 is 5.52. The number of hydrogen-bond donors (Lipinski definition) is 2. The number of guanidine groups is 1. The third-order valence-electron chi connectivity index (χ3n) is 6.06. The summed E-state index contributed by atoms with van der Waals surface area (Å²) in [4.78, 5) is 21.2. The first-order valence-electron chi connectivity index (χ1n) is 11.7. The van der Waals surface area contributed by atoms with Crippen molar-refractivity contribution in [3.05, 3.63) is 35.4 Å². The molecule has 0 spiro atoms. The third kappa shape index (κ3) is 7.51. The Balaban J connectivity index is 1.46. The summed E-state index contributed by atoms with van der Waals surface area (Å²) in [5.74, 6) is 1.65. The average Bonchev–Trinajstić information content (AvgIpc) is 3.28. The Labute approximate surface area is 187 Å². The van der Waals surface area contributed by atoms with E-state index in [1.807, 2.05) is 18.2 Å². The van der Waals surface area contributed by atoms with Gasteiger partial charge in [-0.1, -0.05) is 12.1 Å². The Morgan fingerprint density at radius 1 is 1.26 bits per heavy atom. The summed E-state index contributed by atoms with van der Waals surface area (Å²) in [7, 11) is 3.56. The van der Waals surface area contributed by atoms with E-state index in [-0.39, 0.29) is 5.91 Å². The highest BCUT2D eigenvalue weighted by Crippen LogP contribution is 2.17. The van der Waals surface area contributed by atoms with E-state index in [1.54, 1.807) is 19.0 Å². The lowest BCUT2D eigenvalue weighted by atomic mass is 10.0. The third-order valence-corrected chi connectivity index (χ3v) is 6.06. The Hall–Kier alpha value is -2.12. The van der Waals surface area contributed by atoms with Crippen LogP contribution >= 0.6 is 0 Å². The maximum absolute atomic E-state index is 12.2. The van der Waals surface area contributed by atoms with Gasteiger partial charge in [0, 0.05) is 65.0 Å². The number of hydrogen-bond acceptors (Lipinski definition) is 4. The van der Waals surface area contributed by atoms with Crippen molar-refractivity contribution in [3.8, 4) is 0 Å². The van der Waals surface area contributed by atoms with Gasteiger partial charge in [0.2, 0.25) is 0 Å². The molecule has 1 aromatic carbocycles. The van der Waals surface area contributed by atoms with Gasteiger partial charge >= 0.3 is 0 Å². The molecule has 0 aliphatic carbocycles. The number of nitrogens with one attached hydrogen (secondary N) is 2. The molecule has 172 valence electrons. The molecule has 7 heteroatoms. The highest BCUT2D eigenvalue weighted by molar-refractivity contribution is 5.94. The number of aliphatic imine (C=N–C) groups is 1. The molecule has 2 aliphatic rings. The van der Waals surface area contributed by atoms with Gasteiger partial charge in [0.25, 0.3) is 5.91 Å². The molecule has 2 heterocycles. The van der Waals surface area contributed by atoms with E-state index in [9.17, 15) is 4.79 Å². The lowest BCUT2D eigenvalue weighted by molar-refractivity contribution is 0.0827. The highest BCUT2D eigenvalue weighted by Gasteiger charge is 2.24. The van der Waals surface area contributed by atoms with E-state index in [0.29, 0.717) is 12.6 Å². The second kappa shape index (κ2) is 12.1. The van der Waals surface area contributed by atoms with Gasteiger partial charge in [-0.15, -0.1) is 0 Å². The molecule has 1 amide bonds. The molecule has 1 atom stereocenters. The zero-order valence-electron chi connectivity index (χ0n) is 19.4. The topological polar surface area (TPSA) is 69.2 Å². The number of amides is 1. The largest absolute Gasteiger partial charge is 0.381 e. The Morgan fingerprint density at radius 3 is 2.74 bits per heavy atom. The van der Waals surface area contributed by atoms with Crippen molar-refractivity contribution in [2.75, 3.05) is 60.0 Å². The number of carbonyl (C=O) groups excluding carboxylic acids is 1. The molecule has 0 bridgehead atoms. The van der Waals surface area contributed by atoms with Crippen molar-refractivity contribution in [2.45, 2.75) is 38.6 Å². The Morgan fingerprint density at radius 2 is 2.06 bits per heavy atom. The second-order valence-corrected chi connectivity index (χ2v) is 8.86. The molecule has 2 saturated heterocycles. The second-order valence-electron chi connectivity index (χ2n) is 8.86. The fourth-order valence-corrected chi connectivity index (χ4v) is 4.28. The van der Waals surface area contributed by atoms with Crippen LogP contribution in [0.4, 0.5) is 0 Å². The van der Waals surface area contributed by atoms with E-state index < -0.39 is 0 Å². The van der Waals surface area contributed by atoms with Gasteiger partial charge in [-0.25, -0.2) is 0 Å². The first-order chi connectivity index (χ1) is 15.0. The van der Waals surface area contributed by atoms with Crippen LogP contribution in [0.1, 0.15) is 42.1 Å². The first kappa shape index (κ1) is 23.5. The maximum Gasteiger partial charge on any atom is 0.253 e. The zero-order chi connectivity index (χ0) is 22.1. The van der Waals surface area contributed by atoms with Crippen LogP contribution in [0.5, 0.6) is 0 Å². The van der Waals surface area contributed by atoms with Gasteiger partial charge in [0.1, 0.15) is 0 Å². The lowest BCUT2D eigenvalue weighted by Crippen LogP contribution is -2.49. The molecule has 1 aromatic rings. The molecule has 31 heavy (non-hydrogen) atoms. The predicted octanol–water partition coefficient (Wildman–Crippen LogP) is 1.99. The SMILES string of the molecule is CCNC(=NCCc1cccc(C(=O)N(C)C)c1)NC1CCN(CC2CCOC2)CC1. The van der Waals surface area contributed by atoms with Crippen LogP contribution in [0, 0.1) is 5.92 Å². The van der Waals surface area contributed by atoms with Gasteiger partial charge < -0.3 is 25.2 Å². The van der Waals surface area contributed by atoms with E-state index in [0.717, 1.165) is 75.1 Å². The van der Waals surface area contributed by atoms with E-state index >= 15 is 0 Å².